The van der Waals surface area contributed by atoms with Crippen LogP contribution in [0.4, 0.5) is 10.5 Å². The third kappa shape index (κ3) is 4.01. The molecule has 6 nitrogen and oxygen atoms in total. The average Bonchev–Trinajstić information content (AvgIpc) is 3.29. The van der Waals surface area contributed by atoms with Crippen molar-refractivity contribution < 1.29 is 4.79 Å². The number of anilines is 1. The maximum atomic E-state index is 12.6. The van der Waals surface area contributed by atoms with Gasteiger partial charge in [0.2, 0.25) is 0 Å². The van der Waals surface area contributed by atoms with Gasteiger partial charge in [-0.05, 0) is 36.8 Å². The van der Waals surface area contributed by atoms with Gasteiger partial charge in [0.25, 0.3) is 0 Å². The second-order valence-electron chi connectivity index (χ2n) is 7.04. The molecule has 1 saturated heterocycles. The first-order valence-electron chi connectivity index (χ1n) is 9.64. The molecule has 6 heteroatoms. The number of nitrogens with one attached hydrogen (secondary N) is 1. The molecule has 3 aromatic rings. The van der Waals surface area contributed by atoms with Crippen molar-refractivity contribution in [3.05, 3.63) is 78.9 Å². The van der Waals surface area contributed by atoms with Crippen LogP contribution in [0.15, 0.2) is 73.3 Å². The van der Waals surface area contributed by atoms with Crippen molar-refractivity contribution in [2.24, 2.45) is 0 Å². The molecule has 0 bridgehead atoms. The number of nitrogens with zero attached hydrogens (tertiary/aromatic N) is 4. The van der Waals surface area contributed by atoms with Crippen molar-refractivity contribution in [3.63, 3.8) is 0 Å². The number of carbonyl (C=O) groups is 1. The highest BCUT2D eigenvalue weighted by Gasteiger charge is 2.22. The lowest BCUT2D eigenvalue weighted by Gasteiger charge is -2.36. The zero-order valence-electron chi connectivity index (χ0n) is 16.0. The molecular weight excluding hydrogens is 350 g/mol. The van der Waals surface area contributed by atoms with Gasteiger partial charge in [-0.25, -0.2) is 9.78 Å². The maximum absolute atomic E-state index is 12.6. The molecule has 144 valence electrons. The molecule has 1 N–H and O–H groups in total. The summed E-state index contributed by atoms with van der Waals surface area (Å²) >= 11 is 0. The highest BCUT2D eigenvalue weighted by Crippen LogP contribution is 2.19. The summed E-state index contributed by atoms with van der Waals surface area (Å²) in [7, 11) is 0. The summed E-state index contributed by atoms with van der Waals surface area (Å²) < 4.78 is 1.99. The third-order valence-corrected chi connectivity index (χ3v) is 5.22. The van der Waals surface area contributed by atoms with Gasteiger partial charge < -0.3 is 19.7 Å². The Morgan fingerprint density at radius 3 is 2.29 bits per heavy atom. The molecule has 0 aliphatic carbocycles. The Morgan fingerprint density at radius 1 is 0.964 bits per heavy atom. The van der Waals surface area contributed by atoms with Crippen LogP contribution in [0.3, 0.4) is 0 Å². The first kappa shape index (κ1) is 18.1. The van der Waals surface area contributed by atoms with E-state index in [2.05, 4.69) is 39.5 Å². The van der Waals surface area contributed by atoms with Crippen LogP contribution in [0.1, 0.15) is 18.5 Å². The van der Waals surface area contributed by atoms with Gasteiger partial charge in [-0.1, -0.05) is 30.3 Å². The molecule has 0 unspecified atom stereocenters. The van der Waals surface area contributed by atoms with Crippen LogP contribution in [-0.2, 0) is 0 Å². The number of hydrogen-bond donors (Lipinski definition) is 1. The molecule has 2 heterocycles. The van der Waals surface area contributed by atoms with E-state index in [4.69, 9.17) is 0 Å². The number of carbonyl (C=O) groups excluding carboxylic acids is 1. The molecule has 1 fully saturated rings. The Kier molecular flexibility index (Phi) is 5.28. The number of benzene rings is 2. The van der Waals surface area contributed by atoms with Crippen LogP contribution in [-0.4, -0.2) is 46.7 Å². The molecule has 2 aromatic carbocycles. The van der Waals surface area contributed by atoms with Gasteiger partial charge in [0.1, 0.15) is 0 Å². The zero-order chi connectivity index (χ0) is 19.3. The largest absolute Gasteiger partial charge is 0.368 e. The van der Waals surface area contributed by atoms with Gasteiger partial charge in [-0.2, -0.15) is 0 Å². The predicted octanol–water partition coefficient (Wildman–Crippen LogP) is 3.47. The molecule has 4 rings (SSSR count). The van der Waals surface area contributed by atoms with E-state index in [1.807, 2.05) is 52.9 Å². The number of aromatic nitrogens is 2. The first-order valence-corrected chi connectivity index (χ1v) is 9.64. The van der Waals surface area contributed by atoms with E-state index in [-0.39, 0.29) is 12.1 Å². The Hall–Kier alpha value is -3.28. The van der Waals surface area contributed by atoms with Crippen molar-refractivity contribution in [1.82, 2.24) is 19.8 Å². The fourth-order valence-corrected chi connectivity index (χ4v) is 3.52. The Bertz CT molecular complexity index is 884. The van der Waals surface area contributed by atoms with Crippen LogP contribution in [0.25, 0.3) is 5.69 Å². The van der Waals surface area contributed by atoms with Crippen molar-refractivity contribution in [2.75, 3.05) is 31.1 Å². The minimum absolute atomic E-state index is 0.00227. The lowest BCUT2D eigenvalue weighted by atomic mass is 10.1. The number of amides is 2. The summed E-state index contributed by atoms with van der Waals surface area (Å²) in [6.07, 6.45) is 5.50. The second-order valence-corrected chi connectivity index (χ2v) is 7.04. The summed E-state index contributed by atoms with van der Waals surface area (Å²) in [4.78, 5) is 20.9. The molecule has 0 saturated carbocycles. The van der Waals surface area contributed by atoms with Gasteiger partial charge in [0, 0.05) is 49.9 Å². The molecule has 28 heavy (non-hydrogen) atoms. The maximum Gasteiger partial charge on any atom is 0.317 e. The monoisotopic (exact) mass is 375 g/mol. The van der Waals surface area contributed by atoms with Crippen molar-refractivity contribution in [2.45, 2.75) is 13.0 Å². The highest BCUT2D eigenvalue weighted by molar-refractivity contribution is 5.75. The van der Waals surface area contributed by atoms with Gasteiger partial charge >= 0.3 is 6.03 Å². The molecule has 2 amide bonds. The van der Waals surface area contributed by atoms with Gasteiger partial charge in [0.15, 0.2) is 0 Å². The molecule has 0 spiro atoms. The quantitative estimate of drug-likeness (QED) is 0.760. The average molecular weight is 375 g/mol. The van der Waals surface area contributed by atoms with E-state index in [0.717, 1.165) is 37.4 Å². The molecule has 1 aromatic heterocycles. The number of imidazole rings is 1. The van der Waals surface area contributed by atoms with E-state index in [0.29, 0.717) is 0 Å². The zero-order valence-corrected chi connectivity index (χ0v) is 16.0. The third-order valence-electron chi connectivity index (χ3n) is 5.22. The predicted molar refractivity (Wildman–Crippen MR) is 111 cm³/mol. The Balaban J connectivity index is 1.31. The number of urea groups is 1. The van der Waals surface area contributed by atoms with E-state index in [9.17, 15) is 4.79 Å². The SMILES string of the molecule is C[C@@H](NC(=O)N1CCN(c2ccc(-n3ccnc3)cc2)CC1)c1ccccc1. The van der Waals surface area contributed by atoms with Crippen molar-refractivity contribution in [1.29, 1.82) is 0 Å². The highest BCUT2D eigenvalue weighted by atomic mass is 16.2. The van der Waals surface area contributed by atoms with Crippen LogP contribution >= 0.6 is 0 Å². The summed E-state index contributed by atoms with van der Waals surface area (Å²) in [5.74, 6) is 0. The molecule has 0 radical (unpaired) electrons. The van der Waals surface area contributed by atoms with Gasteiger partial charge in [-0.15, -0.1) is 0 Å². The minimum atomic E-state index is 0.00227. The summed E-state index contributed by atoms with van der Waals surface area (Å²) in [6.45, 7) is 5.12. The fourth-order valence-electron chi connectivity index (χ4n) is 3.52. The van der Waals surface area contributed by atoms with E-state index >= 15 is 0 Å². The lowest BCUT2D eigenvalue weighted by molar-refractivity contribution is 0.191. The normalized spacial score (nSPS) is 15.3. The van der Waals surface area contributed by atoms with Gasteiger partial charge in [-0.3, -0.25) is 0 Å². The number of hydrogen-bond acceptors (Lipinski definition) is 3. The lowest BCUT2D eigenvalue weighted by Crippen LogP contribution is -2.52. The summed E-state index contributed by atoms with van der Waals surface area (Å²) in [5, 5.41) is 3.10. The fraction of sp³-hybridized carbons (Fsp3) is 0.273. The van der Waals surface area contributed by atoms with E-state index in [1.165, 1.54) is 5.69 Å². The van der Waals surface area contributed by atoms with Crippen LogP contribution in [0.5, 0.6) is 0 Å². The molecule has 1 aliphatic rings. The smallest absolute Gasteiger partial charge is 0.317 e. The van der Waals surface area contributed by atoms with Crippen LogP contribution in [0.2, 0.25) is 0 Å². The van der Waals surface area contributed by atoms with Gasteiger partial charge in [0.05, 0.1) is 12.4 Å². The number of rotatable bonds is 4. The molecular formula is C22H25N5O. The Morgan fingerprint density at radius 2 is 1.64 bits per heavy atom. The topological polar surface area (TPSA) is 53.4 Å². The Labute approximate surface area is 165 Å². The van der Waals surface area contributed by atoms with E-state index < -0.39 is 0 Å². The molecule has 1 aliphatic heterocycles. The van der Waals surface area contributed by atoms with Crippen molar-refractivity contribution >= 4 is 11.7 Å². The minimum Gasteiger partial charge on any atom is -0.368 e. The number of piperazine rings is 1. The first-order chi connectivity index (χ1) is 13.7. The summed E-state index contributed by atoms with van der Waals surface area (Å²) in [6, 6.07) is 18.5. The van der Waals surface area contributed by atoms with E-state index in [1.54, 1.807) is 12.5 Å². The van der Waals surface area contributed by atoms with Crippen LogP contribution < -0.4 is 10.2 Å². The van der Waals surface area contributed by atoms with Crippen molar-refractivity contribution in [3.8, 4) is 5.69 Å². The standard InChI is InChI=1S/C22H25N5O/c1-18(19-5-3-2-4-6-19)24-22(28)26-15-13-25(14-16-26)20-7-9-21(10-8-20)27-12-11-23-17-27/h2-12,17-18H,13-16H2,1H3,(H,24,28)/t18-/m1/s1. The van der Waals surface area contributed by atoms with Crippen LogP contribution in [0, 0.1) is 0 Å². The second kappa shape index (κ2) is 8.17. The summed E-state index contributed by atoms with van der Waals surface area (Å²) in [5.41, 5.74) is 3.39. The molecule has 1 atom stereocenters.